The second-order valence-electron chi connectivity index (χ2n) is 7.41. The summed E-state index contributed by atoms with van der Waals surface area (Å²) in [6.45, 7) is 2.28. The predicted octanol–water partition coefficient (Wildman–Crippen LogP) is 6.53. The van der Waals surface area contributed by atoms with E-state index in [-0.39, 0.29) is 11.7 Å². The highest BCUT2D eigenvalue weighted by Gasteiger charge is 2.34. The first-order valence-electron chi connectivity index (χ1n) is 9.66. The first-order chi connectivity index (χ1) is 13.2. The molecule has 0 unspecified atom stereocenters. The van der Waals surface area contributed by atoms with Gasteiger partial charge in [0.05, 0.1) is 0 Å². The zero-order valence-electron chi connectivity index (χ0n) is 15.6. The highest BCUT2D eigenvalue weighted by molar-refractivity contribution is 6.00. The van der Waals surface area contributed by atoms with E-state index < -0.39 is 0 Å². The van der Waals surface area contributed by atoms with E-state index in [9.17, 15) is 4.79 Å². The van der Waals surface area contributed by atoms with E-state index in [0.29, 0.717) is 12.3 Å². The van der Waals surface area contributed by atoms with Crippen LogP contribution >= 0.6 is 0 Å². The summed E-state index contributed by atoms with van der Waals surface area (Å²) in [4.78, 5) is 12.9. The van der Waals surface area contributed by atoms with Gasteiger partial charge in [0.15, 0.2) is 5.78 Å². The van der Waals surface area contributed by atoms with Crippen molar-refractivity contribution in [1.82, 2.24) is 0 Å². The third kappa shape index (κ3) is 3.64. The van der Waals surface area contributed by atoms with Gasteiger partial charge in [-0.15, -0.1) is 0 Å². The summed E-state index contributed by atoms with van der Waals surface area (Å²) in [5.41, 5.74) is 6.06. The molecule has 134 valence electrons. The number of carbonyl (C=O) groups excluding carboxylic acids is 1. The number of Topliss-reactive ketones (excluding diaryl/α,β-unsaturated/α-hetero) is 1. The van der Waals surface area contributed by atoms with Crippen molar-refractivity contribution >= 4 is 16.9 Å². The molecule has 0 aromatic heterocycles. The number of benzene rings is 3. The Kier molecular flexibility index (Phi) is 5.02. The van der Waals surface area contributed by atoms with Crippen molar-refractivity contribution in [2.45, 2.75) is 19.8 Å². The lowest BCUT2D eigenvalue weighted by molar-refractivity contribution is 0.0963. The zero-order valence-corrected chi connectivity index (χ0v) is 15.6. The molecule has 0 amide bonds. The van der Waals surface area contributed by atoms with Gasteiger partial charge in [-0.1, -0.05) is 97.9 Å². The second-order valence-corrected chi connectivity index (χ2v) is 7.41. The molecule has 27 heavy (non-hydrogen) atoms. The molecule has 0 saturated heterocycles. The van der Waals surface area contributed by atoms with Gasteiger partial charge in [0, 0.05) is 12.0 Å². The van der Waals surface area contributed by atoms with Crippen LogP contribution in [0, 0.1) is 11.8 Å². The standard InChI is InChI=1S/C26H24O/c1-19-17-24(20-11-5-2-6-12-20)26(22-15-9-4-10-16-22)23(19)18-25(27)21-13-7-3-8-14-21/h2-16,19,23H,17-18H2,1H3/t19-,23-/m1/s1. The summed E-state index contributed by atoms with van der Waals surface area (Å²) in [6, 6.07) is 30.9. The van der Waals surface area contributed by atoms with Gasteiger partial charge in [-0.3, -0.25) is 4.79 Å². The van der Waals surface area contributed by atoms with Crippen LogP contribution in [0.4, 0.5) is 0 Å². The fraction of sp³-hybridized carbons (Fsp3) is 0.192. The number of ketones is 1. The number of allylic oxidation sites excluding steroid dienone is 2. The smallest absolute Gasteiger partial charge is 0.163 e. The highest BCUT2D eigenvalue weighted by Crippen LogP contribution is 2.48. The summed E-state index contributed by atoms with van der Waals surface area (Å²) in [5, 5.41) is 0. The van der Waals surface area contributed by atoms with Crippen LogP contribution in [0.15, 0.2) is 91.0 Å². The first kappa shape index (κ1) is 17.5. The van der Waals surface area contributed by atoms with Crippen molar-refractivity contribution in [2.75, 3.05) is 0 Å². The van der Waals surface area contributed by atoms with Crippen LogP contribution in [0.25, 0.3) is 11.1 Å². The Bertz CT molecular complexity index is 939. The molecule has 0 spiro atoms. The topological polar surface area (TPSA) is 17.1 Å². The summed E-state index contributed by atoms with van der Waals surface area (Å²) in [6.07, 6.45) is 1.58. The monoisotopic (exact) mass is 352 g/mol. The molecule has 0 heterocycles. The van der Waals surface area contributed by atoms with E-state index >= 15 is 0 Å². The quantitative estimate of drug-likeness (QED) is 0.477. The predicted molar refractivity (Wildman–Crippen MR) is 112 cm³/mol. The largest absolute Gasteiger partial charge is 0.294 e. The lowest BCUT2D eigenvalue weighted by Gasteiger charge is -2.20. The molecule has 3 aromatic rings. The Labute approximate surface area is 161 Å². The van der Waals surface area contributed by atoms with Crippen LogP contribution in [-0.2, 0) is 0 Å². The lowest BCUT2D eigenvalue weighted by Crippen LogP contribution is -2.14. The van der Waals surface area contributed by atoms with Crippen molar-refractivity contribution in [3.63, 3.8) is 0 Å². The number of hydrogen-bond acceptors (Lipinski definition) is 1. The minimum atomic E-state index is 0.232. The molecule has 1 nitrogen and oxygen atoms in total. The van der Waals surface area contributed by atoms with E-state index in [1.807, 2.05) is 30.3 Å². The third-order valence-electron chi connectivity index (χ3n) is 5.62. The van der Waals surface area contributed by atoms with Crippen LogP contribution < -0.4 is 0 Å². The van der Waals surface area contributed by atoms with E-state index in [0.717, 1.165) is 12.0 Å². The number of rotatable bonds is 5. The molecular weight excluding hydrogens is 328 g/mol. The van der Waals surface area contributed by atoms with Crippen molar-refractivity contribution in [1.29, 1.82) is 0 Å². The normalized spacial score (nSPS) is 19.3. The molecule has 0 N–H and O–H groups in total. The van der Waals surface area contributed by atoms with E-state index in [4.69, 9.17) is 0 Å². The average molecular weight is 352 g/mol. The van der Waals surface area contributed by atoms with Crippen LogP contribution in [0.1, 0.15) is 41.3 Å². The van der Waals surface area contributed by atoms with E-state index in [1.54, 1.807) is 0 Å². The Hall–Kier alpha value is -2.93. The molecule has 4 rings (SSSR count). The zero-order chi connectivity index (χ0) is 18.6. The minimum absolute atomic E-state index is 0.232. The van der Waals surface area contributed by atoms with Crippen molar-refractivity contribution in [2.24, 2.45) is 11.8 Å². The lowest BCUT2D eigenvalue weighted by atomic mass is 9.83. The van der Waals surface area contributed by atoms with Crippen LogP contribution in [0.3, 0.4) is 0 Å². The third-order valence-corrected chi connectivity index (χ3v) is 5.62. The molecular formula is C26H24O. The van der Waals surface area contributed by atoms with Gasteiger partial charge in [0.1, 0.15) is 0 Å². The minimum Gasteiger partial charge on any atom is -0.294 e. The summed E-state index contributed by atoms with van der Waals surface area (Å²) in [5.74, 6) is 0.925. The van der Waals surface area contributed by atoms with Gasteiger partial charge in [0.25, 0.3) is 0 Å². The molecule has 1 aliphatic rings. The summed E-state index contributed by atoms with van der Waals surface area (Å²) in [7, 11) is 0. The maximum absolute atomic E-state index is 12.9. The SMILES string of the molecule is C[C@@H]1CC(c2ccccc2)=C(c2ccccc2)[C@@H]1CC(=O)c1ccccc1. The maximum Gasteiger partial charge on any atom is 0.163 e. The Morgan fingerprint density at radius 1 is 0.778 bits per heavy atom. The van der Waals surface area contributed by atoms with Crippen molar-refractivity contribution in [3.8, 4) is 0 Å². The molecule has 1 aliphatic carbocycles. The number of carbonyl (C=O) groups is 1. The van der Waals surface area contributed by atoms with Gasteiger partial charge in [-0.2, -0.15) is 0 Å². The van der Waals surface area contributed by atoms with Gasteiger partial charge < -0.3 is 0 Å². The van der Waals surface area contributed by atoms with Crippen LogP contribution in [0.2, 0.25) is 0 Å². The second kappa shape index (κ2) is 7.75. The van der Waals surface area contributed by atoms with Gasteiger partial charge in [-0.05, 0) is 40.5 Å². The summed E-state index contributed by atoms with van der Waals surface area (Å²) < 4.78 is 0. The van der Waals surface area contributed by atoms with Gasteiger partial charge >= 0.3 is 0 Å². The van der Waals surface area contributed by atoms with E-state index in [2.05, 4.69) is 67.6 Å². The molecule has 2 atom stereocenters. The molecule has 0 aliphatic heterocycles. The number of hydrogen-bond donors (Lipinski definition) is 0. The molecule has 0 bridgehead atoms. The average Bonchev–Trinajstić information content (AvgIpc) is 3.06. The fourth-order valence-corrected chi connectivity index (χ4v) is 4.25. The molecule has 0 fully saturated rings. The maximum atomic E-state index is 12.9. The first-order valence-corrected chi connectivity index (χ1v) is 9.66. The molecule has 0 saturated carbocycles. The molecule has 0 radical (unpaired) electrons. The highest BCUT2D eigenvalue weighted by atomic mass is 16.1. The van der Waals surface area contributed by atoms with E-state index in [1.165, 1.54) is 22.3 Å². The Morgan fingerprint density at radius 2 is 1.30 bits per heavy atom. The van der Waals surface area contributed by atoms with Gasteiger partial charge in [-0.25, -0.2) is 0 Å². The Balaban J connectivity index is 1.75. The van der Waals surface area contributed by atoms with Gasteiger partial charge in [0.2, 0.25) is 0 Å². The van der Waals surface area contributed by atoms with Crippen molar-refractivity contribution < 1.29 is 4.79 Å². The Morgan fingerprint density at radius 3 is 1.89 bits per heavy atom. The van der Waals surface area contributed by atoms with Crippen LogP contribution in [-0.4, -0.2) is 5.78 Å². The molecule has 1 heteroatoms. The summed E-state index contributed by atoms with van der Waals surface area (Å²) >= 11 is 0. The van der Waals surface area contributed by atoms with Crippen molar-refractivity contribution in [3.05, 3.63) is 108 Å². The fourth-order valence-electron chi connectivity index (χ4n) is 4.25. The molecule has 3 aromatic carbocycles. The van der Waals surface area contributed by atoms with Crippen LogP contribution in [0.5, 0.6) is 0 Å².